The van der Waals surface area contributed by atoms with Crippen molar-refractivity contribution in [1.29, 1.82) is 0 Å². The molecule has 1 N–H and O–H groups in total. The third-order valence-electron chi connectivity index (χ3n) is 3.55. The highest BCUT2D eigenvalue weighted by molar-refractivity contribution is 6.37. The number of pyridine rings is 2. The Bertz CT molecular complexity index is 1060. The first-order chi connectivity index (χ1) is 12.1. The summed E-state index contributed by atoms with van der Waals surface area (Å²) in [5.74, 6) is 1.28. The van der Waals surface area contributed by atoms with E-state index in [2.05, 4.69) is 30.4 Å². The van der Waals surface area contributed by atoms with E-state index in [1.807, 2.05) is 19.1 Å². The van der Waals surface area contributed by atoms with E-state index in [9.17, 15) is 0 Å². The van der Waals surface area contributed by atoms with Crippen molar-refractivity contribution in [2.24, 2.45) is 0 Å². The largest absolute Gasteiger partial charge is 0.325 e. The lowest BCUT2D eigenvalue weighted by atomic mass is 10.3. The summed E-state index contributed by atoms with van der Waals surface area (Å²) < 4.78 is 1.67. The Morgan fingerprint density at radius 3 is 2.44 bits per heavy atom. The van der Waals surface area contributed by atoms with Crippen molar-refractivity contribution >= 4 is 45.7 Å². The molecule has 4 rings (SSSR count). The summed E-state index contributed by atoms with van der Waals surface area (Å²) in [6, 6.07) is 3.69. The molecule has 0 bridgehead atoms. The van der Waals surface area contributed by atoms with Gasteiger partial charge in [-0.2, -0.15) is 5.10 Å². The summed E-state index contributed by atoms with van der Waals surface area (Å²) in [4.78, 5) is 16.6. The van der Waals surface area contributed by atoms with E-state index in [-0.39, 0.29) is 0 Å². The number of aryl methyl sites for hydroxylation is 1. The number of hydrogen-bond donors (Lipinski definition) is 1. The molecule has 0 spiro atoms. The lowest BCUT2D eigenvalue weighted by Gasteiger charge is -2.09. The van der Waals surface area contributed by atoms with Gasteiger partial charge in [0.05, 0.1) is 21.8 Å². The Morgan fingerprint density at radius 1 is 0.920 bits per heavy atom. The van der Waals surface area contributed by atoms with E-state index in [0.29, 0.717) is 27.4 Å². The Balaban J connectivity index is 1.80. The Morgan fingerprint density at radius 2 is 1.68 bits per heavy atom. The lowest BCUT2D eigenvalue weighted by Crippen LogP contribution is -2.01. The van der Waals surface area contributed by atoms with E-state index in [0.717, 1.165) is 16.6 Å². The van der Waals surface area contributed by atoms with Crippen molar-refractivity contribution in [3.63, 3.8) is 0 Å². The molecule has 4 aromatic rings. The number of hydrogen-bond acceptors (Lipinski definition) is 6. The highest BCUT2D eigenvalue weighted by Gasteiger charge is 2.13. The molecular weight excluding hydrogens is 361 g/mol. The fourth-order valence-corrected chi connectivity index (χ4v) is 2.95. The molecular formula is C16H11Cl2N7. The second-order valence-electron chi connectivity index (χ2n) is 5.31. The van der Waals surface area contributed by atoms with Crippen LogP contribution in [-0.2, 0) is 0 Å². The van der Waals surface area contributed by atoms with Gasteiger partial charge in [-0.3, -0.25) is 4.98 Å². The highest BCUT2D eigenvalue weighted by atomic mass is 35.5. The number of nitrogens with one attached hydrogen (secondary N) is 1. The van der Waals surface area contributed by atoms with Crippen LogP contribution in [0, 0.1) is 6.92 Å². The zero-order valence-electron chi connectivity index (χ0n) is 13.0. The monoisotopic (exact) mass is 371 g/mol. The van der Waals surface area contributed by atoms with Gasteiger partial charge in [-0.1, -0.05) is 23.2 Å². The Labute approximate surface area is 152 Å². The van der Waals surface area contributed by atoms with E-state index in [4.69, 9.17) is 23.2 Å². The average molecular weight is 372 g/mol. The van der Waals surface area contributed by atoms with Crippen molar-refractivity contribution in [2.75, 3.05) is 5.32 Å². The highest BCUT2D eigenvalue weighted by Crippen LogP contribution is 2.30. The molecule has 0 fully saturated rings. The standard InChI is InChI=1S/C16H11Cl2N7/c1-9-2-14(22-8-21-9)24-15-3-13-10(4-20-15)5-23-25(13)16-11(17)6-19-7-12(16)18/h2-8H,1H3,(H,20,21,22,24). The van der Waals surface area contributed by atoms with E-state index in [1.54, 1.807) is 17.1 Å². The molecule has 0 aliphatic heterocycles. The van der Waals surface area contributed by atoms with Crippen LogP contribution < -0.4 is 5.32 Å². The Hall–Kier alpha value is -2.77. The van der Waals surface area contributed by atoms with Gasteiger partial charge < -0.3 is 5.32 Å². The predicted octanol–water partition coefficient (Wildman–Crippen LogP) is 3.96. The second-order valence-corrected chi connectivity index (χ2v) is 6.12. The molecule has 0 aliphatic carbocycles. The van der Waals surface area contributed by atoms with E-state index < -0.39 is 0 Å². The predicted molar refractivity (Wildman–Crippen MR) is 96.7 cm³/mol. The first-order valence-corrected chi connectivity index (χ1v) is 8.06. The molecule has 25 heavy (non-hydrogen) atoms. The first-order valence-electron chi connectivity index (χ1n) is 7.30. The van der Waals surface area contributed by atoms with Crippen molar-refractivity contribution < 1.29 is 0 Å². The molecule has 0 aromatic carbocycles. The van der Waals surface area contributed by atoms with Gasteiger partial charge in [0, 0.05) is 41.8 Å². The van der Waals surface area contributed by atoms with Crippen LogP contribution in [0.3, 0.4) is 0 Å². The summed E-state index contributed by atoms with van der Waals surface area (Å²) in [7, 11) is 0. The summed E-state index contributed by atoms with van der Waals surface area (Å²) in [6.07, 6.45) is 7.98. The molecule has 4 heterocycles. The van der Waals surface area contributed by atoms with Crippen LogP contribution in [0.5, 0.6) is 0 Å². The minimum Gasteiger partial charge on any atom is -0.325 e. The maximum Gasteiger partial charge on any atom is 0.135 e. The minimum absolute atomic E-state index is 0.412. The van der Waals surface area contributed by atoms with E-state index >= 15 is 0 Å². The minimum atomic E-state index is 0.412. The Kier molecular flexibility index (Phi) is 3.95. The number of rotatable bonds is 3. The summed E-state index contributed by atoms with van der Waals surface area (Å²) in [5.41, 5.74) is 2.24. The van der Waals surface area contributed by atoms with Gasteiger partial charge in [-0.15, -0.1) is 0 Å². The first kappa shape index (κ1) is 15.7. The van der Waals surface area contributed by atoms with Gasteiger partial charge in [0.1, 0.15) is 23.7 Å². The van der Waals surface area contributed by atoms with Crippen molar-refractivity contribution in [2.45, 2.75) is 6.92 Å². The molecule has 0 unspecified atom stereocenters. The fourth-order valence-electron chi connectivity index (χ4n) is 2.43. The van der Waals surface area contributed by atoms with Crippen LogP contribution in [0.4, 0.5) is 11.6 Å². The molecule has 0 saturated heterocycles. The second kappa shape index (κ2) is 6.27. The number of anilines is 2. The lowest BCUT2D eigenvalue weighted by molar-refractivity contribution is 0.907. The van der Waals surface area contributed by atoms with Crippen LogP contribution in [0.25, 0.3) is 16.6 Å². The van der Waals surface area contributed by atoms with Crippen molar-refractivity contribution in [3.05, 3.63) is 59.0 Å². The molecule has 0 aliphatic rings. The SMILES string of the molecule is Cc1cc(Nc2cc3c(cn2)cnn3-c2c(Cl)cncc2Cl)ncn1. The van der Waals surface area contributed by atoms with Crippen molar-refractivity contribution in [3.8, 4) is 5.69 Å². The van der Waals surface area contributed by atoms with Crippen molar-refractivity contribution in [1.82, 2.24) is 29.7 Å². The van der Waals surface area contributed by atoms with Gasteiger partial charge in [-0.05, 0) is 6.92 Å². The van der Waals surface area contributed by atoms with Gasteiger partial charge >= 0.3 is 0 Å². The number of halogens is 2. The molecule has 9 heteroatoms. The topological polar surface area (TPSA) is 81.4 Å². The normalized spacial score (nSPS) is 11.0. The molecule has 0 saturated carbocycles. The van der Waals surface area contributed by atoms with Gasteiger partial charge in [0.25, 0.3) is 0 Å². The quantitative estimate of drug-likeness (QED) is 0.586. The van der Waals surface area contributed by atoms with Gasteiger partial charge in [0.2, 0.25) is 0 Å². The zero-order chi connectivity index (χ0) is 17.4. The smallest absolute Gasteiger partial charge is 0.135 e. The van der Waals surface area contributed by atoms with E-state index in [1.165, 1.54) is 18.7 Å². The molecule has 0 amide bonds. The summed E-state index contributed by atoms with van der Waals surface area (Å²) in [5, 5.41) is 9.21. The zero-order valence-corrected chi connectivity index (χ0v) is 14.5. The van der Waals surface area contributed by atoms with Crippen LogP contribution in [0.1, 0.15) is 5.69 Å². The number of nitrogens with zero attached hydrogens (tertiary/aromatic N) is 6. The molecule has 0 radical (unpaired) electrons. The maximum atomic E-state index is 6.25. The number of fused-ring (bicyclic) bond motifs is 1. The van der Waals surface area contributed by atoms with Crippen LogP contribution in [0.15, 0.2) is 43.2 Å². The van der Waals surface area contributed by atoms with Crippen LogP contribution in [-0.4, -0.2) is 29.7 Å². The van der Waals surface area contributed by atoms with Gasteiger partial charge in [0.15, 0.2) is 0 Å². The maximum absolute atomic E-state index is 6.25. The molecule has 0 atom stereocenters. The molecule has 124 valence electrons. The third kappa shape index (κ3) is 2.99. The summed E-state index contributed by atoms with van der Waals surface area (Å²) in [6.45, 7) is 1.89. The average Bonchev–Trinajstić information content (AvgIpc) is 2.98. The van der Waals surface area contributed by atoms with Gasteiger partial charge in [-0.25, -0.2) is 19.6 Å². The third-order valence-corrected chi connectivity index (χ3v) is 4.11. The van der Waals surface area contributed by atoms with Crippen LogP contribution in [0.2, 0.25) is 10.0 Å². The fraction of sp³-hybridized carbons (Fsp3) is 0.0625. The molecule has 4 aromatic heterocycles. The number of aromatic nitrogens is 6. The molecule has 7 nitrogen and oxygen atoms in total. The summed E-state index contributed by atoms with van der Waals surface area (Å²) >= 11 is 12.5. The van der Waals surface area contributed by atoms with Crippen LogP contribution >= 0.6 is 23.2 Å².